The molecule has 5 nitrogen and oxygen atoms in total. The van der Waals surface area contributed by atoms with E-state index in [2.05, 4.69) is 5.43 Å². The number of sulfonamides is 1. The van der Waals surface area contributed by atoms with Crippen molar-refractivity contribution in [1.82, 2.24) is 4.31 Å². The van der Waals surface area contributed by atoms with E-state index in [-0.39, 0.29) is 10.9 Å². The Morgan fingerprint density at radius 3 is 2.69 bits per heavy atom. The lowest BCUT2D eigenvalue weighted by atomic mass is 10.3. The van der Waals surface area contributed by atoms with E-state index in [4.69, 9.17) is 5.84 Å². The second kappa shape index (κ2) is 4.04. The zero-order chi connectivity index (χ0) is 11.8. The van der Waals surface area contributed by atoms with Crippen LogP contribution in [0.2, 0.25) is 0 Å². The highest BCUT2D eigenvalue weighted by molar-refractivity contribution is 7.89. The molecule has 0 atom stereocenters. The van der Waals surface area contributed by atoms with E-state index in [1.165, 1.54) is 10.4 Å². The molecular formula is C10H15N3O2S. The van der Waals surface area contributed by atoms with Gasteiger partial charge < -0.3 is 5.43 Å². The molecule has 2 rings (SSSR count). The fraction of sp³-hybridized carbons (Fsp3) is 0.400. The van der Waals surface area contributed by atoms with Gasteiger partial charge in [0.2, 0.25) is 10.0 Å². The van der Waals surface area contributed by atoms with E-state index < -0.39 is 10.0 Å². The van der Waals surface area contributed by atoms with Crippen LogP contribution in [0, 0.1) is 0 Å². The number of nitrogens with zero attached hydrogens (tertiary/aromatic N) is 1. The summed E-state index contributed by atoms with van der Waals surface area (Å²) in [5.41, 5.74) is 3.03. The summed E-state index contributed by atoms with van der Waals surface area (Å²) in [6.07, 6.45) is 1.90. The number of nitrogens with one attached hydrogen (secondary N) is 1. The van der Waals surface area contributed by atoms with Crippen molar-refractivity contribution in [1.29, 1.82) is 0 Å². The molecule has 88 valence electrons. The molecule has 0 saturated heterocycles. The van der Waals surface area contributed by atoms with Gasteiger partial charge in [0.15, 0.2) is 0 Å². The second-order valence-corrected chi connectivity index (χ2v) is 5.92. The number of hydrazine groups is 1. The Balaban J connectivity index is 2.34. The summed E-state index contributed by atoms with van der Waals surface area (Å²) in [6, 6.07) is 6.67. The van der Waals surface area contributed by atoms with Crippen molar-refractivity contribution in [3.05, 3.63) is 24.3 Å². The molecule has 0 bridgehead atoms. The van der Waals surface area contributed by atoms with Gasteiger partial charge in [-0.3, -0.25) is 5.84 Å². The molecule has 0 unspecified atom stereocenters. The summed E-state index contributed by atoms with van der Waals surface area (Å²) < 4.78 is 25.7. The standard InChI is InChI=1S/C10H15N3O2S/c1-13(9-5-6-9)16(14,15)10-4-2-3-8(7-10)12-11/h2-4,7,9,12H,5-6,11H2,1H3. The van der Waals surface area contributed by atoms with Gasteiger partial charge in [0.25, 0.3) is 0 Å². The van der Waals surface area contributed by atoms with E-state index in [0.717, 1.165) is 12.8 Å². The molecule has 1 aromatic carbocycles. The molecular weight excluding hydrogens is 226 g/mol. The Hall–Kier alpha value is -1.11. The third kappa shape index (κ3) is 2.04. The smallest absolute Gasteiger partial charge is 0.243 e. The van der Waals surface area contributed by atoms with Crippen LogP contribution in [0.1, 0.15) is 12.8 Å². The SMILES string of the molecule is CN(C1CC1)S(=O)(=O)c1cccc(NN)c1. The van der Waals surface area contributed by atoms with E-state index in [9.17, 15) is 8.42 Å². The molecule has 16 heavy (non-hydrogen) atoms. The van der Waals surface area contributed by atoms with Crippen molar-refractivity contribution in [3.8, 4) is 0 Å². The highest BCUT2D eigenvalue weighted by Gasteiger charge is 2.34. The van der Waals surface area contributed by atoms with Crippen LogP contribution >= 0.6 is 0 Å². The van der Waals surface area contributed by atoms with Crippen LogP contribution in [0.4, 0.5) is 5.69 Å². The van der Waals surface area contributed by atoms with E-state index in [1.54, 1.807) is 25.2 Å². The van der Waals surface area contributed by atoms with Crippen molar-refractivity contribution in [2.24, 2.45) is 5.84 Å². The minimum atomic E-state index is -3.37. The minimum absolute atomic E-state index is 0.166. The van der Waals surface area contributed by atoms with Crippen molar-refractivity contribution in [2.75, 3.05) is 12.5 Å². The number of anilines is 1. The van der Waals surface area contributed by atoms with Gasteiger partial charge in [0, 0.05) is 18.8 Å². The number of benzene rings is 1. The van der Waals surface area contributed by atoms with Gasteiger partial charge in [-0.2, -0.15) is 4.31 Å². The normalized spacial score (nSPS) is 16.4. The van der Waals surface area contributed by atoms with Gasteiger partial charge in [-0.1, -0.05) is 6.07 Å². The lowest BCUT2D eigenvalue weighted by Gasteiger charge is -2.16. The first-order chi connectivity index (χ1) is 7.55. The Bertz CT molecular complexity index is 483. The third-order valence-corrected chi connectivity index (χ3v) is 4.64. The predicted octanol–water partition coefficient (Wildman–Crippen LogP) is 0.755. The first-order valence-electron chi connectivity index (χ1n) is 5.10. The zero-order valence-electron chi connectivity index (χ0n) is 9.05. The zero-order valence-corrected chi connectivity index (χ0v) is 9.87. The molecule has 0 radical (unpaired) electrons. The van der Waals surface area contributed by atoms with Crippen LogP contribution in [0.15, 0.2) is 29.2 Å². The summed E-state index contributed by atoms with van der Waals surface area (Å²) in [5, 5.41) is 0. The number of hydrogen-bond donors (Lipinski definition) is 2. The fourth-order valence-electron chi connectivity index (χ4n) is 1.55. The Labute approximate surface area is 95.3 Å². The predicted molar refractivity (Wildman–Crippen MR) is 62.2 cm³/mol. The van der Waals surface area contributed by atoms with E-state index >= 15 is 0 Å². The molecule has 0 heterocycles. The lowest BCUT2D eigenvalue weighted by Crippen LogP contribution is -2.29. The summed E-state index contributed by atoms with van der Waals surface area (Å²) in [7, 11) is -1.75. The third-order valence-electron chi connectivity index (χ3n) is 2.74. The first kappa shape index (κ1) is 11.4. The van der Waals surface area contributed by atoms with E-state index in [1.807, 2.05) is 0 Å². The van der Waals surface area contributed by atoms with Crippen molar-refractivity contribution in [2.45, 2.75) is 23.8 Å². The van der Waals surface area contributed by atoms with Crippen LogP contribution in [-0.2, 0) is 10.0 Å². The van der Waals surface area contributed by atoms with Gasteiger partial charge >= 0.3 is 0 Å². The molecule has 0 spiro atoms. The average molecular weight is 241 g/mol. The quantitative estimate of drug-likeness (QED) is 0.602. The molecule has 1 saturated carbocycles. The molecule has 0 aromatic heterocycles. The van der Waals surface area contributed by atoms with Gasteiger partial charge in [-0.05, 0) is 31.0 Å². The molecule has 3 N–H and O–H groups in total. The summed E-state index contributed by atoms with van der Waals surface area (Å²) in [6.45, 7) is 0. The first-order valence-corrected chi connectivity index (χ1v) is 6.54. The Kier molecular flexibility index (Phi) is 2.88. The fourth-order valence-corrected chi connectivity index (χ4v) is 3.01. The average Bonchev–Trinajstić information content (AvgIpc) is 3.12. The summed E-state index contributed by atoms with van der Waals surface area (Å²) in [4.78, 5) is 0.275. The van der Waals surface area contributed by atoms with Crippen molar-refractivity contribution in [3.63, 3.8) is 0 Å². The molecule has 1 fully saturated rings. The topological polar surface area (TPSA) is 75.4 Å². The van der Waals surface area contributed by atoms with Crippen LogP contribution < -0.4 is 11.3 Å². The van der Waals surface area contributed by atoms with Crippen LogP contribution in [0.3, 0.4) is 0 Å². The maximum absolute atomic E-state index is 12.1. The number of rotatable bonds is 4. The van der Waals surface area contributed by atoms with Crippen LogP contribution in [0.25, 0.3) is 0 Å². The number of nitrogens with two attached hydrogens (primary N) is 1. The lowest BCUT2D eigenvalue weighted by molar-refractivity contribution is 0.464. The summed E-state index contributed by atoms with van der Waals surface area (Å²) in [5.74, 6) is 5.25. The molecule has 1 aliphatic rings. The number of hydrogen-bond acceptors (Lipinski definition) is 4. The molecule has 1 aliphatic carbocycles. The van der Waals surface area contributed by atoms with Gasteiger partial charge in [-0.15, -0.1) is 0 Å². The molecule has 6 heteroatoms. The van der Waals surface area contributed by atoms with Gasteiger partial charge in [0.1, 0.15) is 0 Å². The van der Waals surface area contributed by atoms with Gasteiger partial charge in [-0.25, -0.2) is 8.42 Å². The van der Waals surface area contributed by atoms with Gasteiger partial charge in [0.05, 0.1) is 4.90 Å². The van der Waals surface area contributed by atoms with Crippen molar-refractivity contribution >= 4 is 15.7 Å². The summed E-state index contributed by atoms with van der Waals surface area (Å²) >= 11 is 0. The van der Waals surface area contributed by atoms with E-state index in [0.29, 0.717) is 5.69 Å². The number of nitrogen functional groups attached to an aromatic ring is 1. The monoisotopic (exact) mass is 241 g/mol. The highest BCUT2D eigenvalue weighted by Crippen LogP contribution is 2.30. The van der Waals surface area contributed by atoms with Crippen LogP contribution in [0.5, 0.6) is 0 Å². The molecule has 0 amide bonds. The second-order valence-electron chi connectivity index (χ2n) is 3.92. The maximum Gasteiger partial charge on any atom is 0.243 e. The maximum atomic E-state index is 12.1. The molecule has 0 aliphatic heterocycles. The minimum Gasteiger partial charge on any atom is -0.324 e. The largest absolute Gasteiger partial charge is 0.324 e. The highest BCUT2D eigenvalue weighted by atomic mass is 32.2. The Morgan fingerprint density at radius 2 is 2.12 bits per heavy atom. The van der Waals surface area contributed by atoms with Crippen LogP contribution in [-0.4, -0.2) is 25.8 Å². The Morgan fingerprint density at radius 1 is 1.44 bits per heavy atom. The molecule has 1 aromatic rings. The van der Waals surface area contributed by atoms with Crippen molar-refractivity contribution < 1.29 is 8.42 Å².